The minimum absolute atomic E-state index is 0.735. The molecule has 1 aromatic carbocycles. The van der Waals surface area contributed by atoms with Crippen LogP contribution in [-0.2, 0) is 0 Å². The Labute approximate surface area is 155 Å². The second-order valence-electron chi connectivity index (χ2n) is 7.19. The van der Waals surface area contributed by atoms with Crippen molar-refractivity contribution in [2.45, 2.75) is 38.1 Å². The van der Waals surface area contributed by atoms with Gasteiger partial charge in [-0.1, -0.05) is 25.0 Å². The van der Waals surface area contributed by atoms with E-state index in [1.165, 1.54) is 32.2 Å². The maximum Gasteiger partial charge on any atom is 0.245 e. The van der Waals surface area contributed by atoms with Gasteiger partial charge in [0, 0.05) is 37.8 Å². The first kappa shape index (κ1) is 17.2. The van der Waals surface area contributed by atoms with Crippen molar-refractivity contribution in [1.82, 2.24) is 20.1 Å². The van der Waals surface area contributed by atoms with Gasteiger partial charge in [0.25, 0.3) is 0 Å². The highest BCUT2D eigenvalue weighted by Gasteiger charge is 2.25. The van der Waals surface area contributed by atoms with Gasteiger partial charge in [-0.2, -0.15) is 5.10 Å². The number of hydrogen-bond acceptors (Lipinski definition) is 6. The zero-order chi connectivity index (χ0) is 17.8. The first-order valence-electron chi connectivity index (χ1n) is 9.66. The molecule has 0 unspecified atom stereocenters. The summed E-state index contributed by atoms with van der Waals surface area (Å²) in [4.78, 5) is 9.74. The van der Waals surface area contributed by atoms with Gasteiger partial charge >= 0.3 is 0 Å². The average Bonchev–Trinajstić information content (AvgIpc) is 3.13. The summed E-state index contributed by atoms with van der Waals surface area (Å²) in [6.07, 6.45) is 8.39. The topological polar surface area (TPSA) is 54.4 Å². The molecule has 2 fully saturated rings. The monoisotopic (exact) mass is 353 g/mol. The van der Waals surface area contributed by atoms with Crippen molar-refractivity contribution in [1.29, 1.82) is 0 Å². The van der Waals surface area contributed by atoms with Crippen LogP contribution in [0.25, 0.3) is 11.3 Å². The number of aromatic nitrogens is 3. The lowest BCUT2D eigenvalue weighted by Gasteiger charge is -2.27. The molecule has 1 aliphatic carbocycles. The fraction of sp³-hybridized carbons (Fsp3) is 0.550. The molecule has 2 heterocycles. The number of methoxy groups -OCH3 is 1. The summed E-state index contributed by atoms with van der Waals surface area (Å²) in [5.41, 5.74) is 1.84. The lowest BCUT2D eigenvalue weighted by Crippen LogP contribution is -2.37. The van der Waals surface area contributed by atoms with Crippen LogP contribution in [0.2, 0.25) is 0 Å². The zero-order valence-electron chi connectivity index (χ0n) is 15.5. The van der Waals surface area contributed by atoms with E-state index in [-0.39, 0.29) is 0 Å². The molecule has 0 bridgehead atoms. The van der Waals surface area contributed by atoms with Gasteiger partial charge in [0.05, 0.1) is 19.0 Å². The molecule has 1 saturated heterocycles. The van der Waals surface area contributed by atoms with Gasteiger partial charge in [0.15, 0.2) is 0 Å². The van der Waals surface area contributed by atoms with Crippen molar-refractivity contribution < 1.29 is 4.74 Å². The smallest absolute Gasteiger partial charge is 0.245 e. The van der Waals surface area contributed by atoms with E-state index >= 15 is 0 Å². The fourth-order valence-corrected chi connectivity index (χ4v) is 4.12. The molecule has 26 heavy (non-hydrogen) atoms. The first-order chi connectivity index (χ1) is 12.8. The minimum Gasteiger partial charge on any atom is -0.497 e. The van der Waals surface area contributed by atoms with E-state index in [1.54, 1.807) is 13.3 Å². The summed E-state index contributed by atoms with van der Waals surface area (Å²) in [5.74, 6) is 1.56. The quantitative estimate of drug-likeness (QED) is 0.842. The Morgan fingerprint density at radius 1 is 1.04 bits per heavy atom. The van der Waals surface area contributed by atoms with Gasteiger partial charge in [-0.3, -0.25) is 4.90 Å². The highest BCUT2D eigenvalue weighted by molar-refractivity contribution is 5.61. The maximum absolute atomic E-state index is 5.32. The highest BCUT2D eigenvalue weighted by atomic mass is 16.5. The summed E-state index contributed by atoms with van der Waals surface area (Å²) >= 11 is 0. The normalized spacial score (nSPS) is 19.5. The third-order valence-electron chi connectivity index (χ3n) is 5.57. The Morgan fingerprint density at radius 3 is 2.77 bits per heavy atom. The van der Waals surface area contributed by atoms with Gasteiger partial charge in [-0.15, -0.1) is 5.10 Å². The van der Waals surface area contributed by atoms with Crippen LogP contribution >= 0.6 is 0 Å². The van der Waals surface area contributed by atoms with Crippen LogP contribution in [0.5, 0.6) is 5.75 Å². The Hall–Kier alpha value is -2.21. The van der Waals surface area contributed by atoms with Crippen molar-refractivity contribution in [2.24, 2.45) is 0 Å². The van der Waals surface area contributed by atoms with E-state index in [9.17, 15) is 0 Å². The van der Waals surface area contributed by atoms with Gasteiger partial charge in [0.1, 0.15) is 5.75 Å². The number of ether oxygens (including phenoxy) is 1. The molecule has 2 aromatic rings. The van der Waals surface area contributed by atoms with Crippen molar-refractivity contribution in [3.8, 4) is 17.0 Å². The Morgan fingerprint density at radius 2 is 1.92 bits per heavy atom. The molecule has 0 amide bonds. The summed E-state index contributed by atoms with van der Waals surface area (Å²) in [6.45, 7) is 4.24. The highest BCUT2D eigenvalue weighted by Crippen LogP contribution is 2.26. The minimum atomic E-state index is 0.735. The summed E-state index contributed by atoms with van der Waals surface area (Å²) in [5, 5.41) is 8.52. The average molecular weight is 353 g/mol. The zero-order valence-corrected chi connectivity index (χ0v) is 15.5. The number of anilines is 1. The van der Waals surface area contributed by atoms with Crippen molar-refractivity contribution in [3.63, 3.8) is 0 Å². The number of nitrogens with zero attached hydrogens (tertiary/aromatic N) is 5. The van der Waals surface area contributed by atoms with Gasteiger partial charge in [0.2, 0.25) is 5.95 Å². The van der Waals surface area contributed by atoms with E-state index < -0.39 is 0 Å². The molecule has 6 heteroatoms. The van der Waals surface area contributed by atoms with Crippen LogP contribution in [0.1, 0.15) is 32.1 Å². The molecule has 1 aromatic heterocycles. The van der Waals surface area contributed by atoms with E-state index in [0.717, 1.165) is 55.1 Å². The van der Waals surface area contributed by atoms with Crippen LogP contribution in [0.3, 0.4) is 0 Å². The van der Waals surface area contributed by atoms with Crippen molar-refractivity contribution in [2.75, 3.05) is 38.2 Å². The number of hydrogen-bond donors (Lipinski definition) is 0. The Bertz CT molecular complexity index is 732. The van der Waals surface area contributed by atoms with E-state index in [2.05, 4.69) is 20.0 Å². The molecule has 6 nitrogen and oxygen atoms in total. The van der Waals surface area contributed by atoms with Crippen LogP contribution in [-0.4, -0.2) is 59.4 Å². The summed E-state index contributed by atoms with van der Waals surface area (Å²) < 4.78 is 5.32. The molecule has 0 atom stereocenters. The molecule has 138 valence electrons. The molecule has 0 N–H and O–H groups in total. The van der Waals surface area contributed by atoms with Gasteiger partial charge in [-0.05, 0) is 31.4 Å². The lowest BCUT2D eigenvalue weighted by atomic mass is 10.1. The van der Waals surface area contributed by atoms with Crippen LogP contribution < -0.4 is 9.64 Å². The molecule has 0 radical (unpaired) electrons. The van der Waals surface area contributed by atoms with E-state index in [0.29, 0.717) is 0 Å². The van der Waals surface area contributed by atoms with Crippen LogP contribution in [0.4, 0.5) is 5.95 Å². The first-order valence-corrected chi connectivity index (χ1v) is 9.66. The molecular formula is C20H27N5O. The third-order valence-corrected chi connectivity index (χ3v) is 5.57. The molecular weight excluding hydrogens is 326 g/mol. The SMILES string of the molecule is COc1cccc(-c2cnnc(N3CCCN(C4CCCC4)CC3)n2)c1. The van der Waals surface area contributed by atoms with Crippen LogP contribution in [0.15, 0.2) is 30.5 Å². The predicted octanol–water partition coefficient (Wildman–Crippen LogP) is 3.00. The summed E-state index contributed by atoms with van der Waals surface area (Å²) in [6, 6.07) is 8.71. The Balaban J connectivity index is 1.49. The largest absolute Gasteiger partial charge is 0.497 e. The molecule has 2 aliphatic rings. The van der Waals surface area contributed by atoms with Crippen LogP contribution in [0, 0.1) is 0 Å². The van der Waals surface area contributed by atoms with Crippen molar-refractivity contribution >= 4 is 5.95 Å². The van der Waals surface area contributed by atoms with E-state index in [4.69, 9.17) is 9.72 Å². The number of benzene rings is 1. The maximum atomic E-state index is 5.32. The van der Waals surface area contributed by atoms with Gasteiger partial charge < -0.3 is 9.64 Å². The molecule has 1 saturated carbocycles. The third kappa shape index (κ3) is 3.80. The fourth-order valence-electron chi connectivity index (χ4n) is 4.12. The predicted molar refractivity (Wildman–Crippen MR) is 102 cm³/mol. The second kappa shape index (κ2) is 7.99. The molecule has 1 aliphatic heterocycles. The molecule has 0 spiro atoms. The summed E-state index contributed by atoms with van der Waals surface area (Å²) in [7, 11) is 1.68. The van der Waals surface area contributed by atoms with Gasteiger partial charge in [-0.25, -0.2) is 4.98 Å². The second-order valence-corrected chi connectivity index (χ2v) is 7.19. The number of rotatable bonds is 4. The Kier molecular flexibility index (Phi) is 5.29. The van der Waals surface area contributed by atoms with E-state index in [1.807, 2.05) is 24.3 Å². The lowest BCUT2D eigenvalue weighted by molar-refractivity contribution is 0.213. The van der Waals surface area contributed by atoms with Crippen molar-refractivity contribution in [3.05, 3.63) is 30.5 Å². The molecule has 4 rings (SSSR count). The standard InChI is InChI=1S/C20H27N5O/c1-26-18-9-4-6-16(14-18)19-15-21-23-20(22-19)25-11-5-10-24(12-13-25)17-7-2-3-8-17/h4,6,9,14-15,17H,2-3,5,7-8,10-13H2,1H3.